The molecule has 0 rings (SSSR count). The van der Waals surface area contributed by atoms with Crippen molar-refractivity contribution in [2.75, 3.05) is 18.6 Å². The molecule has 3 unspecified atom stereocenters. The van der Waals surface area contributed by atoms with Crippen LogP contribution >= 0.6 is 11.8 Å². The first-order chi connectivity index (χ1) is 13.5. The average molecular weight is 434 g/mol. The van der Waals surface area contributed by atoms with Crippen LogP contribution in [0.5, 0.6) is 0 Å². The summed E-state index contributed by atoms with van der Waals surface area (Å²) in [5.41, 5.74) is 10.4. The van der Waals surface area contributed by atoms with Crippen molar-refractivity contribution in [1.82, 2.24) is 16.0 Å². The molecule has 8 N–H and O–H groups in total. The van der Waals surface area contributed by atoms with Gasteiger partial charge in [-0.2, -0.15) is 11.8 Å². The van der Waals surface area contributed by atoms with Gasteiger partial charge in [-0.1, -0.05) is 13.8 Å². The van der Waals surface area contributed by atoms with E-state index in [-0.39, 0.29) is 25.2 Å². The highest BCUT2D eigenvalue weighted by atomic mass is 32.2. The second-order valence-corrected chi connectivity index (χ2v) is 7.91. The molecule has 0 aromatic carbocycles. The van der Waals surface area contributed by atoms with Gasteiger partial charge in [-0.15, -0.1) is 0 Å². The summed E-state index contributed by atoms with van der Waals surface area (Å²) in [6, 6.07) is -3.20. The zero-order valence-electron chi connectivity index (χ0n) is 16.9. The van der Waals surface area contributed by atoms with E-state index in [1.807, 2.05) is 20.1 Å². The molecule has 0 radical (unpaired) electrons. The highest BCUT2D eigenvalue weighted by molar-refractivity contribution is 7.98. The molecule has 166 valence electrons. The Bertz CT molecular complexity index is 601. The molecule has 12 heteroatoms. The summed E-state index contributed by atoms with van der Waals surface area (Å²) in [6.45, 7) is 3.24. The number of aliphatic carboxylic acids is 1. The Morgan fingerprint density at radius 3 is 2.14 bits per heavy atom. The van der Waals surface area contributed by atoms with Crippen LogP contribution in [0.4, 0.5) is 0 Å². The summed E-state index contributed by atoms with van der Waals surface area (Å²) < 4.78 is 0. The normalized spacial score (nSPS) is 13.8. The molecule has 29 heavy (non-hydrogen) atoms. The zero-order valence-corrected chi connectivity index (χ0v) is 17.7. The number of carbonyl (C=O) groups excluding carboxylic acids is 4. The van der Waals surface area contributed by atoms with Crippen LogP contribution in [0.2, 0.25) is 0 Å². The minimum atomic E-state index is -1.18. The first kappa shape index (κ1) is 26.7. The molecule has 0 saturated carbocycles. The minimum Gasteiger partial charge on any atom is -0.480 e. The van der Waals surface area contributed by atoms with Gasteiger partial charge in [-0.3, -0.25) is 19.2 Å². The van der Waals surface area contributed by atoms with Crippen molar-refractivity contribution < 1.29 is 29.1 Å². The van der Waals surface area contributed by atoms with Crippen molar-refractivity contribution in [3.05, 3.63) is 0 Å². The summed E-state index contributed by atoms with van der Waals surface area (Å²) in [5, 5.41) is 16.4. The van der Waals surface area contributed by atoms with Crippen molar-refractivity contribution in [2.24, 2.45) is 17.4 Å². The molecule has 0 aliphatic carbocycles. The molecule has 0 saturated heterocycles. The lowest BCUT2D eigenvalue weighted by atomic mass is 10.0. The van der Waals surface area contributed by atoms with Gasteiger partial charge in [-0.25, -0.2) is 4.79 Å². The smallest absolute Gasteiger partial charge is 0.326 e. The van der Waals surface area contributed by atoms with Crippen LogP contribution in [0.1, 0.15) is 33.1 Å². The second-order valence-electron chi connectivity index (χ2n) is 6.93. The highest BCUT2D eigenvalue weighted by Crippen LogP contribution is 2.07. The molecule has 0 aromatic rings. The maximum atomic E-state index is 12.5. The van der Waals surface area contributed by atoms with Crippen LogP contribution in [-0.4, -0.2) is 71.4 Å². The Morgan fingerprint density at radius 1 is 1.03 bits per heavy atom. The van der Waals surface area contributed by atoms with E-state index in [4.69, 9.17) is 11.5 Å². The highest BCUT2D eigenvalue weighted by Gasteiger charge is 2.27. The molecule has 4 amide bonds. The van der Waals surface area contributed by atoms with Crippen molar-refractivity contribution in [2.45, 2.75) is 51.2 Å². The minimum absolute atomic E-state index is 0.0408. The van der Waals surface area contributed by atoms with Crippen LogP contribution in [0.15, 0.2) is 0 Å². The van der Waals surface area contributed by atoms with Crippen LogP contribution in [0.25, 0.3) is 0 Å². The molecule has 0 aromatic heterocycles. The number of hydrogen-bond donors (Lipinski definition) is 6. The number of carbonyl (C=O) groups is 5. The van der Waals surface area contributed by atoms with Crippen molar-refractivity contribution in [3.8, 4) is 0 Å². The van der Waals surface area contributed by atoms with E-state index in [0.717, 1.165) is 0 Å². The third-order valence-electron chi connectivity index (χ3n) is 3.77. The Morgan fingerprint density at radius 2 is 1.66 bits per heavy atom. The molecule has 0 fully saturated rings. The first-order valence-corrected chi connectivity index (χ1v) is 10.5. The quantitative estimate of drug-likeness (QED) is 0.184. The monoisotopic (exact) mass is 433 g/mol. The maximum absolute atomic E-state index is 12.5. The van der Waals surface area contributed by atoms with Gasteiger partial charge in [0.15, 0.2) is 0 Å². The van der Waals surface area contributed by atoms with Crippen molar-refractivity contribution in [1.29, 1.82) is 0 Å². The summed E-state index contributed by atoms with van der Waals surface area (Å²) in [6.07, 6.45) is 1.99. The number of carboxylic acid groups (broad SMARTS) is 1. The molecule has 0 aliphatic rings. The fourth-order valence-electron chi connectivity index (χ4n) is 2.32. The summed E-state index contributed by atoms with van der Waals surface area (Å²) in [7, 11) is 0. The van der Waals surface area contributed by atoms with E-state index < -0.39 is 54.3 Å². The predicted octanol–water partition coefficient (Wildman–Crippen LogP) is -1.84. The topological polar surface area (TPSA) is 194 Å². The molecule has 3 atom stereocenters. The van der Waals surface area contributed by atoms with Gasteiger partial charge in [0.2, 0.25) is 23.6 Å². The largest absolute Gasteiger partial charge is 0.480 e. The molecule has 0 bridgehead atoms. The van der Waals surface area contributed by atoms with Gasteiger partial charge in [-0.05, 0) is 30.8 Å². The Hall–Kier alpha value is -2.34. The predicted molar refractivity (Wildman–Crippen MR) is 109 cm³/mol. The second kappa shape index (κ2) is 13.8. The number of nitrogens with one attached hydrogen (secondary N) is 3. The number of rotatable bonds is 14. The molecule has 0 aliphatic heterocycles. The number of amides is 4. The van der Waals surface area contributed by atoms with Crippen molar-refractivity contribution in [3.63, 3.8) is 0 Å². The fourth-order valence-corrected chi connectivity index (χ4v) is 2.79. The molecule has 11 nitrogen and oxygen atoms in total. The summed E-state index contributed by atoms with van der Waals surface area (Å²) >= 11 is 1.46. The molecule has 0 spiro atoms. The molecular formula is C17H31N5O6S. The van der Waals surface area contributed by atoms with Gasteiger partial charge >= 0.3 is 5.97 Å². The first-order valence-electron chi connectivity index (χ1n) is 9.10. The number of nitrogens with two attached hydrogens (primary N) is 2. The van der Waals surface area contributed by atoms with E-state index in [0.29, 0.717) is 5.75 Å². The van der Waals surface area contributed by atoms with Gasteiger partial charge in [0.05, 0.1) is 19.0 Å². The lowest BCUT2D eigenvalue weighted by Crippen LogP contribution is -2.54. The van der Waals surface area contributed by atoms with Crippen molar-refractivity contribution >= 4 is 41.4 Å². The molecular weight excluding hydrogens is 402 g/mol. The zero-order chi connectivity index (χ0) is 22.6. The molecule has 0 heterocycles. The number of thioether (sulfide) groups is 1. The average Bonchev–Trinajstić information content (AvgIpc) is 2.61. The summed E-state index contributed by atoms with van der Waals surface area (Å²) in [4.78, 5) is 58.5. The van der Waals surface area contributed by atoms with E-state index in [1.165, 1.54) is 11.8 Å². The number of primary amides is 1. The third kappa shape index (κ3) is 12.0. The van der Waals surface area contributed by atoms with E-state index >= 15 is 0 Å². The van der Waals surface area contributed by atoms with Crippen LogP contribution in [0, 0.1) is 5.92 Å². The Labute approximate surface area is 174 Å². The summed E-state index contributed by atoms with van der Waals surface area (Å²) in [5.74, 6) is -3.31. The van der Waals surface area contributed by atoms with Gasteiger partial charge in [0.1, 0.15) is 12.1 Å². The lowest BCUT2D eigenvalue weighted by molar-refractivity contribution is -0.142. The van der Waals surface area contributed by atoms with Crippen LogP contribution in [0.3, 0.4) is 0 Å². The van der Waals surface area contributed by atoms with Crippen LogP contribution < -0.4 is 27.4 Å². The number of hydrogen-bond acceptors (Lipinski definition) is 7. The van der Waals surface area contributed by atoms with Gasteiger partial charge < -0.3 is 32.5 Å². The standard InChI is InChI=1S/C17H31N5O6S/c1-9(2)6-12(16(26)22-11(17(27)28)4-5-29-3)21-14(24)8-20-15(25)10(18)7-13(19)23/h9-12H,4-8,18H2,1-3H3,(H2,19,23)(H,20,25)(H,21,24)(H,22,26)(H,27,28). The van der Waals surface area contributed by atoms with E-state index in [1.54, 1.807) is 0 Å². The third-order valence-corrected chi connectivity index (χ3v) is 4.41. The Kier molecular flexibility index (Phi) is 12.7. The number of carboxylic acids is 1. The maximum Gasteiger partial charge on any atom is 0.326 e. The van der Waals surface area contributed by atoms with Gasteiger partial charge in [0, 0.05) is 0 Å². The van der Waals surface area contributed by atoms with Crippen LogP contribution in [-0.2, 0) is 24.0 Å². The van der Waals surface area contributed by atoms with Gasteiger partial charge in [0.25, 0.3) is 0 Å². The fraction of sp³-hybridized carbons (Fsp3) is 0.706. The van der Waals surface area contributed by atoms with E-state index in [2.05, 4.69) is 16.0 Å². The lowest BCUT2D eigenvalue weighted by Gasteiger charge is -2.23. The van der Waals surface area contributed by atoms with E-state index in [9.17, 15) is 29.1 Å². The SMILES string of the molecule is CSCCC(NC(=O)C(CC(C)C)NC(=O)CNC(=O)C(N)CC(N)=O)C(=O)O. The Balaban J connectivity index is 4.86.